The van der Waals surface area contributed by atoms with Gasteiger partial charge >= 0.3 is 6.09 Å². The normalized spacial score (nSPS) is 28.2. The molecule has 2 rings (SSSR count). The fourth-order valence-electron chi connectivity index (χ4n) is 3.35. The Morgan fingerprint density at radius 2 is 1.80 bits per heavy atom. The number of halogens is 1. The van der Waals surface area contributed by atoms with E-state index in [1.807, 2.05) is 34.6 Å². The smallest absolute Gasteiger partial charge is 0.410 e. The van der Waals surface area contributed by atoms with E-state index in [0.29, 0.717) is 13.1 Å². The molecule has 0 aromatic rings. The average molecular weight is 302 g/mol. The van der Waals surface area contributed by atoms with Gasteiger partial charge in [-0.2, -0.15) is 0 Å². The fraction of sp³-hybridized carbons (Fsp3) is 0.867. The molecule has 2 aliphatic rings. The number of Topliss-reactive ketones (excluding diaryl/α,β-unsaturated/α-hetero) is 1. The van der Waals surface area contributed by atoms with Crippen molar-refractivity contribution in [3.8, 4) is 0 Å². The first-order chi connectivity index (χ1) is 9.01. The van der Waals surface area contributed by atoms with Gasteiger partial charge in [-0.05, 0) is 33.6 Å². The van der Waals surface area contributed by atoms with Crippen LogP contribution in [0.3, 0.4) is 0 Å². The lowest BCUT2D eigenvalue weighted by atomic mass is 9.46. The van der Waals surface area contributed by atoms with Crippen molar-refractivity contribution >= 4 is 23.5 Å². The van der Waals surface area contributed by atoms with Crippen LogP contribution in [0.2, 0.25) is 0 Å². The second-order valence-corrected chi connectivity index (χ2v) is 7.91. The molecule has 0 bridgehead atoms. The highest BCUT2D eigenvalue weighted by Gasteiger charge is 2.66. The summed E-state index contributed by atoms with van der Waals surface area (Å²) in [5.74, 6) is 0.130. The topological polar surface area (TPSA) is 46.6 Å². The molecular weight excluding hydrogens is 278 g/mol. The Bertz CT molecular complexity index is 431. The van der Waals surface area contributed by atoms with Gasteiger partial charge < -0.3 is 9.64 Å². The van der Waals surface area contributed by atoms with Crippen molar-refractivity contribution in [1.29, 1.82) is 0 Å². The molecule has 114 valence electrons. The van der Waals surface area contributed by atoms with Gasteiger partial charge in [0.25, 0.3) is 0 Å². The van der Waals surface area contributed by atoms with Crippen molar-refractivity contribution in [2.45, 2.75) is 58.4 Å². The lowest BCUT2D eigenvalue weighted by Crippen LogP contribution is -2.68. The van der Waals surface area contributed by atoms with Crippen LogP contribution in [0, 0.1) is 10.8 Å². The summed E-state index contributed by atoms with van der Waals surface area (Å²) in [7, 11) is 0. The van der Waals surface area contributed by atoms with Crippen LogP contribution >= 0.6 is 11.6 Å². The number of amides is 1. The van der Waals surface area contributed by atoms with Crippen LogP contribution in [0.5, 0.6) is 0 Å². The SMILES string of the molecule is CC(C)(C)OC(=O)N1CCC2(CC1)C(Cl)C(=O)C2(C)C. The van der Waals surface area contributed by atoms with Gasteiger partial charge in [0, 0.05) is 23.9 Å². The largest absolute Gasteiger partial charge is 0.444 e. The van der Waals surface area contributed by atoms with Crippen molar-refractivity contribution in [2.24, 2.45) is 10.8 Å². The second-order valence-electron chi connectivity index (χ2n) is 7.48. The Morgan fingerprint density at radius 3 is 2.20 bits per heavy atom. The molecule has 0 N–H and O–H groups in total. The van der Waals surface area contributed by atoms with Gasteiger partial charge in [0.2, 0.25) is 0 Å². The molecule has 1 unspecified atom stereocenters. The van der Waals surface area contributed by atoms with Crippen molar-refractivity contribution in [1.82, 2.24) is 4.90 Å². The first kappa shape index (κ1) is 15.6. The third kappa shape index (κ3) is 2.22. The molecule has 1 amide bonds. The van der Waals surface area contributed by atoms with Crippen LogP contribution in [-0.4, -0.2) is 40.8 Å². The lowest BCUT2D eigenvalue weighted by Gasteiger charge is -2.60. The number of carbonyl (C=O) groups excluding carboxylic acids is 2. The van der Waals surface area contributed by atoms with Gasteiger partial charge in [0.15, 0.2) is 5.78 Å². The molecule has 1 saturated carbocycles. The van der Waals surface area contributed by atoms with Gasteiger partial charge in [-0.15, -0.1) is 11.6 Å². The van der Waals surface area contributed by atoms with Gasteiger partial charge in [-0.25, -0.2) is 4.79 Å². The van der Waals surface area contributed by atoms with Crippen LogP contribution in [-0.2, 0) is 9.53 Å². The third-order valence-electron chi connectivity index (χ3n) is 4.88. The Kier molecular flexibility index (Phi) is 3.61. The minimum atomic E-state index is -0.479. The predicted octanol–water partition coefficient (Wildman–Crippen LogP) is 3.22. The van der Waals surface area contributed by atoms with Gasteiger partial charge in [-0.3, -0.25) is 4.79 Å². The quantitative estimate of drug-likeness (QED) is 0.645. The summed E-state index contributed by atoms with van der Waals surface area (Å²) >= 11 is 6.27. The van der Waals surface area contributed by atoms with E-state index in [1.165, 1.54) is 0 Å². The number of nitrogens with zero attached hydrogens (tertiary/aromatic N) is 1. The van der Waals surface area contributed by atoms with Crippen molar-refractivity contribution in [3.63, 3.8) is 0 Å². The Balaban J connectivity index is 2.00. The number of carbonyl (C=O) groups is 2. The Labute approximate surface area is 125 Å². The van der Waals surface area contributed by atoms with Crippen LogP contribution in [0.25, 0.3) is 0 Å². The highest BCUT2D eigenvalue weighted by Crippen LogP contribution is 2.61. The van der Waals surface area contributed by atoms with E-state index < -0.39 is 11.0 Å². The van der Waals surface area contributed by atoms with E-state index in [2.05, 4.69) is 0 Å². The van der Waals surface area contributed by atoms with E-state index in [1.54, 1.807) is 4.90 Å². The van der Waals surface area contributed by atoms with E-state index >= 15 is 0 Å². The molecule has 0 aromatic carbocycles. The number of hydrogen-bond acceptors (Lipinski definition) is 3. The maximum absolute atomic E-state index is 12.0. The van der Waals surface area contributed by atoms with Gasteiger partial charge in [-0.1, -0.05) is 13.8 Å². The molecule has 2 fully saturated rings. The summed E-state index contributed by atoms with van der Waals surface area (Å²) in [6.45, 7) is 10.7. The van der Waals surface area contributed by atoms with E-state index in [0.717, 1.165) is 12.8 Å². The zero-order chi connectivity index (χ0) is 15.3. The number of alkyl halides is 1. The first-order valence-electron chi connectivity index (χ1n) is 7.18. The molecule has 1 aliphatic heterocycles. The Morgan fingerprint density at radius 1 is 1.30 bits per heavy atom. The summed E-state index contributed by atoms with van der Waals surface area (Å²) in [5.41, 5.74) is -1.02. The molecule has 1 aliphatic carbocycles. The zero-order valence-electron chi connectivity index (χ0n) is 13.0. The summed E-state index contributed by atoms with van der Waals surface area (Å²) < 4.78 is 5.38. The van der Waals surface area contributed by atoms with Crippen LogP contribution in [0.15, 0.2) is 0 Å². The number of hydrogen-bond donors (Lipinski definition) is 0. The number of ketones is 1. The van der Waals surface area contributed by atoms with Crippen LogP contribution < -0.4 is 0 Å². The summed E-state index contributed by atoms with van der Waals surface area (Å²) in [6, 6.07) is 0. The van der Waals surface area contributed by atoms with Crippen molar-refractivity contribution in [2.75, 3.05) is 13.1 Å². The molecule has 1 heterocycles. The molecule has 1 atom stereocenters. The summed E-state index contributed by atoms with van der Waals surface area (Å²) in [4.78, 5) is 25.7. The number of rotatable bonds is 0. The summed E-state index contributed by atoms with van der Waals surface area (Å²) in [6.07, 6.45) is 1.25. The highest BCUT2D eigenvalue weighted by atomic mass is 35.5. The standard InChI is InChI=1S/C15H24ClNO3/c1-13(2,3)20-12(19)17-8-6-15(7-9-17)10(16)11(18)14(15,4)5/h10H,6-9H2,1-5H3. The minimum Gasteiger partial charge on any atom is -0.444 e. The van der Waals surface area contributed by atoms with Gasteiger partial charge in [0.05, 0.1) is 5.38 Å². The molecule has 0 aromatic heterocycles. The summed E-state index contributed by atoms with van der Waals surface area (Å²) in [5, 5.41) is -0.404. The molecular formula is C15H24ClNO3. The molecule has 4 nitrogen and oxygen atoms in total. The van der Waals surface area contributed by atoms with Crippen molar-refractivity contribution < 1.29 is 14.3 Å². The first-order valence-corrected chi connectivity index (χ1v) is 7.61. The molecule has 20 heavy (non-hydrogen) atoms. The molecule has 1 saturated heterocycles. The average Bonchev–Trinajstić information content (AvgIpc) is 2.35. The maximum atomic E-state index is 12.0. The molecule has 1 spiro atoms. The number of piperidine rings is 1. The maximum Gasteiger partial charge on any atom is 0.410 e. The van der Waals surface area contributed by atoms with Crippen LogP contribution in [0.1, 0.15) is 47.5 Å². The number of likely N-dealkylation sites (tertiary alicyclic amines) is 1. The Hall–Kier alpha value is -0.770. The minimum absolute atomic E-state index is 0.130. The molecule has 5 heteroatoms. The van der Waals surface area contributed by atoms with Crippen LogP contribution in [0.4, 0.5) is 4.79 Å². The third-order valence-corrected chi connectivity index (χ3v) is 5.50. The fourth-order valence-corrected chi connectivity index (χ4v) is 4.11. The van der Waals surface area contributed by atoms with E-state index in [4.69, 9.17) is 16.3 Å². The number of ether oxygens (including phenoxy) is 1. The van der Waals surface area contributed by atoms with E-state index in [-0.39, 0.29) is 22.7 Å². The van der Waals surface area contributed by atoms with Crippen molar-refractivity contribution in [3.05, 3.63) is 0 Å². The predicted molar refractivity (Wildman–Crippen MR) is 77.9 cm³/mol. The van der Waals surface area contributed by atoms with E-state index in [9.17, 15) is 9.59 Å². The highest BCUT2D eigenvalue weighted by molar-refractivity contribution is 6.35. The lowest BCUT2D eigenvalue weighted by molar-refractivity contribution is -0.160. The van der Waals surface area contributed by atoms with Gasteiger partial charge in [0.1, 0.15) is 5.60 Å². The molecule has 0 radical (unpaired) electrons. The zero-order valence-corrected chi connectivity index (χ0v) is 13.7. The monoisotopic (exact) mass is 301 g/mol. The second kappa shape index (κ2) is 4.62.